The maximum atomic E-state index is 2.72. The molecule has 0 radical (unpaired) electrons. The van der Waals surface area contributed by atoms with E-state index in [-0.39, 0.29) is 0 Å². The van der Waals surface area contributed by atoms with Gasteiger partial charge in [0.15, 0.2) is 0 Å². The topological polar surface area (TPSA) is 0 Å². The number of hydrogen-bond donors (Lipinski definition) is 0. The van der Waals surface area contributed by atoms with Crippen LogP contribution in [-0.2, 0) is 0 Å². The van der Waals surface area contributed by atoms with E-state index < -0.39 is 0 Å². The molecule has 0 unspecified atom stereocenters. The van der Waals surface area contributed by atoms with Crippen molar-refractivity contribution in [1.29, 1.82) is 0 Å². The molecule has 4 saturated carbocycles. The maximum absolute atomic E-state index is 2.72. The largest absolute Gasteiger partial charge is 0.0654 e. The molecule has 0 aromatic carbocycles. The lowest BCUT2D eigenvalue weighted by Crippen LogP contribution is -2.52. The molecule has 4 aliphatic rings. The van der Waals surface area contributed by atoms with E-state index in [2.05, 4.69) is 20.8 Å². The van der Waals surface area contributed by atoms with Crippen molar-refractivity contribution in [3.8, 4) is 0 Å². The lowest BCUT2D eigenvalue weighted by Gasteiger charge is -2.60. The fraction of sp³-hybridized carbons (Fsp3) is 1.00. The molecule has 0 aromatic heterocycles. The van der Waals surface area contributed by atoms with Crippen molar-refractivity contribution in [2.45, 2.75) is 97.8 Å². The minimum atomic E-state index is 0.717. The fourth-order valence-electron chi connectivity index (χ4n) is 8.23. The second-order valence-corrected chi connectivity index (χ2v) is 10.0. The molecule has 0 N–H and O–H groups in total. The van der Waals surface area contributed by atoms with Crippen LogP contribution in [0.4, 0.5) is 0 Å². The molecule has 0 bridgehead atoms. The highest BCUT2D eigenvalue weighted by atomic mass is 14.6. The van der Waals surface area contributed by atoms with Crippen molar-refractivity contribution in [3.63, 3.8) is 0 Å². The van der Waals surface area contributed by atoms with Crippen LogP contribution in [0.3, 0.4) is 0 Å². The first-order chi connectivity index (χ1) is 10.6. The molecule has 0 spiro atoms. The van der Waals surface area contributed by atoms with Gasteiger partial charge in [0.1, 0.15) is 0 Å². The smallest absolute Gasteiger partial charge is 0.0266 e. The average molecular weight is 303 g/mol. The van der Waals surface area contributed by atoms with E-state index in [0.717, 1.165) is 40.4 Å². The van der Waals surface area contributed by atoms with Crippen LogP contribution in [0.15, 0.2) is 0 Å². The predicted octanol–water partition coefficient (Wildman–Crippen LogP) is 6.84. The molecule has 0 heteroatoms. The van der Waals surface area contributed by atoms with Gasteiger partial charge in [-0.15, -0.1) is 0 Å². The van der Waals surface area contributed by atoms with Gasteiger partial charge in [-0.1, -0.05) is 46.5 Å². The van der Waals surface area contributed by atoms with Crippen LogP contribution in [0.2, 0.25) is 0 Å². The Morgan fingerprint density at radius 3 is 2.41 bits per heavy atom. The highest BCUT2D eigenvalue weighted by Gasteiger charge is 2.59. The second-order valence-electron chi connectivity index (χ2n) is 10.0. The molecule has 0 aromatic rings. The van der Waals surface area contributed by atoms with Gasteiger partial charge < -0.3 is 0 Å². The van der Waals surface area contributed by atoms with Gasteiger partial charge >= 0.3 is 0 Å². The summed E-state index contributed by atoms with van der Waals surface area (Å²) in [5, 5.41) is 0. The average Bonchev–Trinajstić information content (AvgIpc) is 2.84. The van der Waals surface area contributed by atoms with Crippen LogP contribution in [-0.4, -0.2) is 0 Å². The van der Waals surface area contributed by atoms with Crippen LogP contribution >= 0.6 is 0 Å². The van der Waals surface area contributed by atoms with E-state index in [9.17, 15) is 0 Å². The van der Waals surface area contributed by atoms with Crippen LogP contribution in [0.25, 0.3) is 0 Å². The zero-order valence-electron chi connectivity index (χ0n) is 15.4. The van der Waals surface area contributed by atoms with Crippen molar-refractivity contribution in [2.24, 2.45) is 40.4 Å². The first-order valence-corrected chi connectivity index (χ1v) is 10.6. The summed E-state index contributed by atoms with van der Waals surface area (Å²) in [6, 6.07) is 0. The Labute approximate surface area is 138 Å². The SMILES string of the molecule is CCC[C@H]1CC[C@H]2[C@@H]3CC[C@H]4CCCC[C@]4(C)[C@H]3CC[C@]12C. The minimum absolute atomic E-state index is 0.717. The summed E-state index contributed by atoms with van der Waals surface area (Å²) in [6.45, 7) is 7.82. The second kappa shape index (κ2) is 5.52. The molecule has 4 fully saturated rings. The molecule has 126 valence electrons. The van der Waals surface area contributed by atoms with Gasteiger partial charge in [-0.2, -0.15) is 0 Å². The van der Waals surface area contributed by atoms with Crippen molar-refractivity contribution < 1.29 is 0 Å². The summed E-state index contributed by atoms with van der Waals surface area (Å²) in [6.07, 6.45) is 18.5. The van der Waals surface area contributed by atoms with E-state index >= 15 is 0 Å². The lowest BCUT2D eigenvalue weighted by molar-refractivity contribution is -0.111. The zero-order valence-corrected chi connectivity index (χ0v) is 15.4. The van der Waals surface area contributed by atoms with Crippen molar-refractivity contribution >= 4 is 0 Å². The van der Waals surface area contributed by atoms with E-state index in [0.29, 0.717) is 0 Å². The summed E-state index contributed by atoms with van der Waals surface area (Å²) >= 11 is 0. The van der Waals surface area contributed by atoms with Gasteiger partial charge in [-0.05, 0) is 91.8 Å². The van der Waals surface area contributed by atoms with Crippen molar-refractivity contribution in [3.05, 3.63) is 0 Å². The van der Waals surface area contributed by atoms with Crippen LogP contribution in [0.5, 0.6) is 0 Å². The lowest BCUT2D eigenvalue weighted by atomic mass is 9.45. The highest BCUT2D eigenvalue weighted by molar-refractivity contribution is 5.08. The Balaban J connectivity index is 1.59. The molecule has 0 amide bonds. The summed E-state index contributed by atoms with van der Waals surface area (Å²) in [5.74, 6) is 5.41. The first-order valence-electron chi connectivity index (χ1n) is 10.6. The molecule has 7 atom stereocenters. The monoisotopic (exact) mass is 302 g/mol. The van der Waals surface area contributed by atoms with Crippen molar-refractivity contribution in [2.75, 3.05) is 0 Å². The van der Waals surface area contributed by atoms with E-state index in [1.807, 2.05) is 0 Å². The Hall–Kier alpha value is 0. The Morgan fingerprint density at radius 2 is 1.59 bits per heavy atom. The minimum Gasteiger partial charge on any atom is -0.0654 e. The maximum Gasteiger partial charge on any atom is -0.0266 e. The van der Waals surface area contributed by atoms with Gasteiger partial charge in [0.2, 0.25) is 0 Å². The molecule has 0 saturated heterocycles. The Morgan fingerprint density at radius 1 is 0.773 bits per heavy atom. The van der Waals surface area contributed by atoms with Crippen LogP contribution in [0.1, 0.15) is 97.8 Å². The normalized spacial score (nSPS) is 54.4. The van der Waals surface area contributed by atoms with Gasteiger partial charge in [0.25, 0.3) is 0 Å². The zero-order chi connectivity index (χ0) is 15.4. The van der Waals surface area contributed by atoms with Crippen molar-refractivity contribution in [1.82, 2.24) is 0 Å². The highest BCUT2D eigenvalue weighted by Crippen LogP contribution is 2.67. The first kappa shape index (κ1) is 15.5. The molecular weight excluding hydrogens is 264 g/mol. The van der Waals surface area contributed by atoms with E-state index in [1.54, 1.807) is 51.4 Å². The predicted molar refractivity (Wildman–Crippen MR) is 94.7 cm³/mol. The quantitative estimate of drug-likeness (QED) is 0.524. The van der Waals surface area contributed by atoms with Gasteiger partial charge in [0, 0.05) is 0 Å². The van der Waals surface area contributed by atoms with Gasteiger partial charge in [-0.25, -0.2) is 0 Å². The number of hydrogen-bond acceptors (Lipinski definition) is 0. The van der Waals surface area contributed by atoms with E-state index in [1.165, 1.54) is 25.7 Å². The third-order valence-electron chi connectivity index (χ3n) is 9.42. The van der Waals surface area contributed by atoms with Gasteiger partial charge in [0.05, 0.1) is 0 Å². The molecule has 4 rings (SSSR count). The molecular formula is C22H38. The number of fused-ring (bicyclic) bond motifs is 5. The molecule has 0 nitrogen and oxygen atoms in total. The Bertz CT molecular complexity index is 412. The standard InChI is InChI=1S/C22H38/c1-4-7-16-10-12-19-18-11-9-17-8-5-6-14-21(17,2)20(18)13-15-22(16,19)3/h16-20H,4-15H2,1-3H3/t16-,17+,18-,19-,20-,21-,22+/m0/s1. The molecule has 4 aliphatic carbocycles. The van der Waals surface area contributed by atoms with Gasteiger partial charge in [-0.3, -0.25) is 0 Å². The molecule has 0 heterocycles. The number of rotatable bonds is 2. The summed E-state index contributed by atoms with van der Waals surface area (Å²) in [5.41, 5.74) is 1.44. The Kier molecular flexibility index (Phi) is 3.90. The summed E-state index contributed by atoms with van der Waals surface area (Å²) < 4.78 is 0. The molecule has 22 heavy (non-hydrogen) atoms. The third kappa shape index (κ3) is 2.07. The fourth-order valence-corrected chi connectivity index (χ4v) is 8.23. The summed E-state index contributed by atoms with van der Waals surface area (Å²) in [7, 11) is 0. The van der Waals surface area contributed by atoms with Crippen LogP contribution in [0, 0.1) is 40.4 Å². The van der Waals surface area contributed by atoms with E-state index in [4.69, 9.17) is 0 Å². The molecule has 0 aliphatic heterocycles. The van der Waals surface area contributed by atoms with Crippen LogP contribution < -0.4 is 0 Å². The summed E-state index contributed by atoms with van der Waals surface area (Å²) in [4.78, 5) is 0. The third-order valence-corrected chi connectivity index (χ3v) is 9.42.